The normalized spacial score (nSPS) is 11.3. The van der Waals surface area contributed by atoms with Gasteiger partial charge in [-0.3, -0.25) is 4.79 Å². The molecule has 1 atom stereocenters. The summed E-state index contributed by atoms with van der Waals surface area (Å²) in [6.45, 7) is 8.65. The van der Waals surface area contributed by atoms with Gasteiger partial charge >= 0.3 is 40.2 Å². The Hall–Kier alpha value is 0.0500. The number of carbonyl (C=O) groups is 1. The molecule has 0 saturated carbocycles. The van der Waals surface area contributed by atoms with Crippen LogP contribution in [0.5, 0.6) is 0 Å². The molecule has 0 aliphatic heterocycles. The molecule has 8 heteroatoms. The minimum Gasteiger partial charge on any atom is -0.425 e. The summed E-state index contributed by atoms with van der Waals surface area (Å²) in [4.78, 5) is 14.9. The number of nitrogens with zero attached hydrogens (tertiary/aromatic N) is 1. The van der Waals surface area contributed by atoms with E-state index in [0.29, 0.717) is 5.91 Å². The number of aliphatic hydroxyl groups is 1. The third kappa shape index (κ3) is 36.0. The zero-order chi connectivity index (χ0) is 28.0. The summed E-state index contributed by atoms with van der Waals surface area (Å²) in [5, 5.41) is 10.1. The summed E-state index contributed by atoms with van der Waals surface area (Å²) < 4.78 is 25.3. The van der Waals surface area contributed by atoms with E-state index in [1.165, 1.54) is 89.9 Å². The zero-order valence-corrected chi connectivity index (χ0v) is 28.4. The minimum absolute atomic E-state index is 0. The van der Waals surface area contributed by atoms with Gasteiger partial charge in [-0.25, -0.2) is 0 Å². The topological polar surface area (TPSA) is 91.8 Å². The van der Waals surface area contributed by atoms with E-state index >= 15 is 0 Å². The first-order chi connectivity index (χ1) is 17.9. The smallest absolute Gasteiger partial charge is 0.425 e. The fourth-order valence-electron chi connectivity index (χ4n) is 4.49. The molecule has 1 N–H and O–H groups in total. The maximum Gasteiger partial charge on any atom is 1.00 e. The van der Waals surface area contributed by atoms with Crippen molar-refractivity contribution >= 4 is 16.5 Å². The molecule has 0 saturated heterocycles. The predicted octanol–water partition coefficient (Wildman–Crippen LogP) is 5.02. The monoisotopic (exact) mass is 569 g/mol. The summed E-state index contributed by atoms with van der Waals surface area (Å²) in [5.41, 5.74) is 0. The Morgan fingerprint density at radius 1 is 0.658 bits per heavy atom. The van der Waals surface area contributed by atoms with E-state index < -0.39 is 10.6 Å². The average Bonchev–Trinajstić information content (AvgIpc) is 2.86. The number of hydrogen-bond donors (Lipinski definition) is 1. The standard InChI is InChI=1S/C30H60NO2.Na.O3S/c1-4-7-10-13-14-16-19-24-29(32)25-20-17-15-18-21-26-30(33)31(27-22-11-8-5-2)28-23-12-9-6-3;;1-4(2)3/h24,29,32H,4-23,25-28H2,1-3H3;;/q-1;+1;. The summed E-state index contributed by atoms with van der Waals surface area (Å²) >= 11 is 0. The van der Waals surface area contributed by atoms with Gasteiger partial charge in [-0.15, -0.1) is 12.6 Å². The van der Waals surface area contributed by atoms with Crippen molar-refractivity contribution in [1.82, 2.24) is 4.90 Å². The molecule has 0 spiro atoms. The van der Waals surface area contributed by atoms with Crippen molar-refractivity contribution in [2.75, 3.05) is 13.1 Å². The summed E-state index contributed by atoms with van der Waals surface area (Å²) in [6, 6.07) is 0. The second-order valence-electron chi connectivity index (χ2n) is 10.4. The molecule has 0 aromatic heterocycles. The Balaban J connectivity index is -0.00000227. The second-order valence-corrected chi connectivity index (χ2v) is 10.8. The molecule has 0 aliphatic rings. The molecule has 0 fully saturated rings. The third-order valence-corrected chi connectivity index (χ3v) is 6.80. The molecule has 0 rings (SSSR count). The molecule has 6 nitrogen and oxygen atoms in total. The van der Waals surface area contributed by atoms with Crippen LogP contribution in [0, 0.1) is 6.42 Å². The molecule has 0 heterocycles. The molecule has 1 unspecified atom stereocenters. The number of aliphatic hydroxyl groups excluding tert-OH is 1. The first-order valence-electron chi connectivity index (χ1n) is 15.4. The van der Waals surface area contributed by atoms with Gasteiger partial charge in [-0.2, -0.15) is 6.42 Å². The molecular weight excluding hydrogens is 509 g/mol. The second kappa shape index (κ2) is 35.1. The van der Waals surface area contributed by atoms with Gasteiger partial charge in [0.15, 0.2) is 0 Å². The van der Waals surface area contributed by atoms with Crippen LogP contribution >= 0.6 is 0 Å². The number of amides is 1. The largest absolute Gasteiger partial charge is 1.00 e. The van der Waals surface area contributed by atoms with Gasteiger partial charge in [-0.05, 0) is 19.3 Å². The minimum atomic E-state index is -3.11. The fourth-order valence-corrected chi connectivity index (χ4v) is 4.49. The van der Waals surface area contributed by atoms with Crippen molar-refractivity contribution in [1.29, 1.82) is 0 Å². The summed E-state index contributed by atoms with van der Waals surface area (Å²) in [6.07, 6.45) is 28.0. The van der Waals surface area contributed by atoms with E-state index in [9.17, 15) is 9.90 Å². The van der Waals surface area contributed by atoms with Crippen LogP contribution in [0.3, 0.4) is 0 Å². The van der Waals surface area contributed by atoms with Crippen LogP contribution in [0.25, 0.3) is 0 Å². The number of unbranched alkanes of at least 4 members (excludes halogenated alkanes) is 16. The maximum atomic E-state index is 12.7. The molecule has 0 aliphatic carbocycles. The van der Waals surface area contributed by atoms with Gasteiger partial charge in [0.25, 0.3) is 0 Å². The maximum absolute atomic E-state index is 12.7. The van der Waals surface area contributed by atoms with Crippen molar-refractivity contribution in [2.24, 2.45) is 0 Å². The molecular formula is C30H60NNaO5S. The van der Waals surface area contributed by atoms with Crippen LogP contribution in [-0.4, -0.2) is 47.7 Å². The molecule has 38 heavy (non-hydrogen) atoms. The number of carbonyl (C=O) groups excluding carboxylic acids is 1. The first kappa shape index (κ1) is 42.5. The Labute approximate surface area is 259 Å². The van der Waals surface area contributed by atoms with Crippen LogP contribution in [0.2, 0.25) is 0 Å². The number of hydrogen-bond acceptors (Lipinski definition) is 5. The summed E-state index contributed by atoms with van der Waals surface area (Å²) in [5.74, 6) is 0.378. The van der Waals surface area contributed by atoms with Crippen molar-refractivity contribution in [3.8, 4) is 0 Å². The van der Waals surface area contributed by atoms with E-state index in [1.54, 1.807) is 0 Å². The molecule has 0 aromatic carbocycles. The van der Waals surface area contributed by atoms with Gasteiger partial charge < -0.3 is 16.4 Å². The van der Waals surface area contributed by atoms with Gasteiger partial charge in [0.1, 0.15) is 0 Å². The Morgan fingerprint density at radius 3 is 1.55 bits per heavy atom. The quantitative estimate of drug-likeness (QED) is 0.0897. The van der Waals surface area contributed by atoms with Crippen LogP contribution in [-0.2, 0) is 15.4 Å². The Bertz CT molecular complexity index is 570. The Morgan fingerprint density at radius 2 is 1.05 bits per heavy atom. The van der Waals surface area contributed by atoms with E-state index in [0.717, 1.165) is 64.5 Å². The van der Waals surface area contributed by atoms with E-state index in [-0.39, 0.29) is 35.7 Å². The Kier molecular flexibility index (Phi) is 39.2. The van der Waals surface area contributed by atoms with Gasteiger partial charge in [0.05, 0.1) is 0 Å². The van der Waals surface area contributed by atoms with E-state index in [2.05, 4.69) is 32.1 Å². The SMILES string of the molecule is CCCCCCCC[CH-]C(O)CCCCCCCC(=O)N(CCCCCC)CCCCCC.O=S(=O)=O.[Na+]. The van der Waals surface area contributed by atoms with E-state index in [4.69, 9.17) is 12.6 Å². The molecule has 0 aromatic rings. The van der Waals surface area contributed by atoms with Crippen LogP contribution < -0.4 is 29.6 Å². The fraction of sp³-hybridized carbons (Fsp3) is 0.933. The predicted molar refractivity (Wildman–Crippen MR) is 155 cm³/mol. The van der Waals surface area contributed by atoms with Crippen LogP contribution in [0.15, 0.2) is 0 Å². The van der Waals surface area contributed by atoms with Crippen molar-refractivity contribution < 1.29 is 52.1 Å². The summed E-state index contributed by atoms with van der Waals surface area (Å²) in [7, 11) is -3.11. The van der Waals surface area contributed by atoms with Gasteiger partial charge in [0, 0.05) is 19.5 Å². The van der Waals surface area contributed by atoms with Gasteiger partial charge in [0.2, 0.25) is 5.91 Å². The van der Waals surface area contributed by atoms with Crippen LogP contribution in [0.4, 0.5) is 0 Å². The average molecular weight is 570 g/mol. The third-order valence-electron chi connectivity index (χ3n) is 6.80. The van der Waals surface area contributed by atoms with Crippen molar-refractivity contribution in [2.45, 2.75) is 168 Å². The number of rotatable bonds is 26. The van der Waals surface area contributed by atoms with Crippen LogP contribution in [0.1, 0.15) is 162 Å². The molecule has 0 bridgehead atoms. The molecule has 1 amide bonds. The van der Waals surface area contributed by atoms with E-state index in [1.807, 2.05) is 0 Å². The van der Waals surface area contributed by atoms with Gasteiger partial charge in [-0.1, -0.05) is 136 Å². The molecule has 222 valence electrons. The van der Waals surface area contributed by atoms with Crippen molar-refractivity contribution in [3.63, 3.8) is 0 Å². The zero-order valence-electron chi connectivity index (χ0n) is 25.6. The molecule has 0 radical (unpaired) electrons. The first-order valence-corrected chi connectivity index (χ1v) is 16.4. The van der Waals surface area contributed by atoms with Crippen molar-refractivity contribution in [3.05, 3.63) is 6.42 Å².